The first-order valence-electron chi connectivity index (χ1n) is 6.73. The predicted molar refractivity (Wildman–Crippen MR) is 77.9 cm³/mol. The van der Waals surface area contributed by atoms with Crippen molar-refractivity contribution in [2.24, 2.45) is 0 Å². The topological polar surface area (TPSA) is 33.7 Å². The van der Waals surface area contributed by atoms with Gasteiger partial charge in [0.05, 0.1) is 11.7 Å². The largest absolute Gasteiger partial charge is 0.382 e. The summed E-state index contributed by atoms with van der Waals surface area (Å²) in [7, 11) is 0. The molecular formula is C13H26N2O2S. The van der Waals surface area contributed by atoms with E-state index in [2.05, 4.69) is 31.0 Å². The maximum Gasteiger partial charge on any atom is 0.169 e. The van der Waals surface area contributed by atoms with Crippen LogP contribution in [-0.4, -0.2) is 54.6 Å². The summed E-state index contributed by atoms with van der Waals surface area (Å²) in [5, 5.41) is 4.12. The molecule has 1 atom stereocenters. The van der Waals surface area contributed by atoms with Gasteiger partial charge in [-0.3, -0.25) is 0 Å². The van der Waals surface area contributed by atoms with Crippen molar-refractivity contribution < 1.29 is 9.47 Å². The van der Waals surface area contributed by atoms with E-state index in [9.17, 15) is 0 Å². The fourth-order valence-corrected chi connectivity index (χ4v) is 2.48. The predicted octanol–water partition coefficient (Wildman–Crippen LogP) is 1.79. The number of nitrogens with one attached hydrogen (secondary N) is 1. The molecule has 1 aliphatic heterocycles. The lowest BCUT2D eigenvalue weighted by Gasteiger charge is -2.42. The molecule has 18 heavy (non-hydrogen) atoms. The van der Waals surface area contributed by atoms with E-state index in [0.29, 0.717) is 0 Å². The molecule has 0 aromatic carbocycles. The molecule has 1 N–H and O–H groups in total. The zero-order valence-corrected chi connectivity index (χ0v) is 12.8. The number of rotatable bonds is 5. The van der Waals surface area contributed by atoms with Crippen molar-refractivity contribution in [2.45, 2.75) is 45.8 Å². The number of hydrogen-bond acceptors (Lipinski definition) is 3. The zero-order valence-electron chi connectivity index (χ0n) is 12.0. The Labute approximate surface area is 116 Å². The van der Waals surface area contributed by atoms with Gasteiger partial charge < -0.3 is 19.7 Å². The summed E-state index contributed by atoms with van der Waals surface area (Å²) in [5.74, 6) is 0. The van der Waals surface area contributed by atoms with Crippen LogP contribution in [0.2, 0.25) is 0 Å². The van der Waals surface area contributed by atoms with Crippen LogP contribution in [0.25, 0.3) is 0 Å². The molecule has 0 bridgehead atoms. The van der Waals surface area contributed by atoms with Crippen LogP contribution in [-0.2, 0) is 9.47 Å². The summed E-state index contributed by atoms with van der Waals surface area (Å²) in [6, 6.07) is 0. The lowest BCUT2D eigenvalue weighted by Crippen LogP contribution is -2.56. The van der Waals surface area contributed by atoms with Crippen molar-refractivity contribution in [1.29, 1.82) is 0 Å². The molecule has 0 saturated carbocycles. The van der Waals surface area contributed by atoms with Crippen molar-refractivity contribution in [3.05, 3.63) is 0 Å². The Morgan fingerprint density at radius 2 is 2.28 bits per heavy atom. The molecule has 5 heteroatoms. The number of hydrogen-bond donors (Lipinski definition) is 1. The van der Waals surface area contributed by atoms with Gasteiger partial charge in [-0.2, -0.15) is 0 Å². The van der Waals surface area contributed by atoms with E-state index in [0.717, 1.165) is 44.4 Å². The van der Waals surface area contributed by atoms with Gasteiger partial charge in [0.25, 0.3) is 0 Å². The molecule has 0 aliphatic carbocycles. The van der Waals surface area contributed by atoms with Crippen LogP contribution < -0.4 is 5.32 Å². The number of morpholine rings is 1. The smallest absolute Gasteiger partial charge is 0.169 e. The second kappa shape index (κ2) is 7.26. The normalized spacial score (nSPS) is 22.9. The Morgan fingerprint density at radius 3 is 2.89 bits per heavy atom. The van der Waals surface area contributed by atoms with Gasteiger partial charge in [-0.25, -0.2) is 0 Å². The molecule has 0 aromatic rings. The summed E-state index contributed by atoms with van der Waals surface area (Å²) in [6.07, 6.45) is 1.20. The summed E-state index contributed by atoms with van der Waals surface area (Å²) >= 11 is 5.43. The van der Waals surface area contributed by atoms with Crippen molar-refractivity contribution in [2.75, 3.05) is 32.8 Å². The summed E-state index contributed by atoms with van der Waals surface area (Å²) in [5.41, 5.74) is -0.130. The lowest BCUT2D eigenvalue weighted by molar-refractivity contribution is -0.112. The lowest BCUT2D eigenvalue weighted by atomic mass is 10.1. The van der Waals surface area contributed by atoms with Crippen molar-refractivity contribution in [3.63, 3.8) is 0 Å². The van der Waals surface area contributed by atoms with Crippen LogP contribution in [0.4, 0.5) is 0 Å². The molecule has 106 valence electrons. The first kappa shape index (κ1) is 15.7. The van der Waals surface area contributed by atoms with E-state index < -0.39 is 0 Å². The monoisotopic (exact) mass is 274 g/mol. The van der Waals surface area contributed by atoms with E-state index >= 15 is 0 Å². The van der Waals surface area contributed by atoms with Crippen molar-refractivity contribution in [3.8, 4) is 0 Å². The molecule has 1 heterocycles. The molecule has 1 saturated heterocycles. The molecule has 0 amide bonds. The number of thiocarbonyl (C=S) groups is 1. The van der Waals surface area contributed by atoms with Crippen LogP contribution in [0.15, 0.2) is 0 Å². The number of nitrogens with zero attached hydrogens (tertiary/aromatic N) is 1. The average Bonchev–Trinajstić information content (AvgIpc) is 2.25. The van der Waals surface area contributed by atoms with Crippen molar-refractivity contribution in [1.82, 2.24) is 10.2 Å². The van der Waals surface area contributed by atoms with Gasteiger partial charge in [-0.15, -0.1) is 0 Å². The molecule has 1 rings (SSSR count). The van der Waals surface area contributed by atoms with Gasteiger partial charge >= 0.3 is 0 Å². The quantitative estimate of drug-likeness (QED) is 0.610. The van der Waals surface area contributed by atoms with Crippen LogP contribution in [0, 0.1) is 0 Å². The standard InChI is InChI=1S/C13H26N2O2S/c1-5-16-8-6-7-14-12(18)15-9-11(2)17-13(3,4)10-15/h11H,5-10H2,1-4H3,(H,14,18). The molecule has 0 radical (unpaired) electrons. The molecule has 1 fully saturated rings. The minimum atomic E-state index is -0.130. The minimum absolute atomic E-state index is 0.130. The highest BCUT2D eigenvalue weighted by Gasteiger charge is 2.32. The Bertz CT molecular complexity index is 272. The highest BCUT2D eigenvalue weighted by atomic mass is 32.1. The SMILES string of the molecule is CCOCCCNC(=S)N1CC(C)OC(C)(C)C1. The molecule has 0 spiro atoms. The zero-order chi connectivity index (χ0) is 13.6. The van der Waals surface area contributed by atoms with Gasteiger partial charge in [-0.05, 0) is 46.3 Å². The molecule has 0 aromatic heterocycles. The number of ether oxygens (including phenoxy) is 2. The fourth-order valence-electron chi connectivity index (χ4n) is 2.23. The Balaban J connectivity index is 2.28. The second-order valence-electron chi connectivity index (χ2n) is 5.35. The van der Waals surface area contributed by atoms with E-state index in [4.69, 9.17) is 21.7 Å². The van der Waals surface area contributed by atoms with Gasteiger partial charge in [0.2, 0.25) is 0 Å². The summed E-state index contributed by atoms with van der Waals surface area (Å²) in [4.78, 5) is 2.20. The highest BCUT2D eigenvalue weighted by molar-refractivity contribution is 7.80. The first-order valence-corrected chi connectivity index (χ1v) is 7.14. The Morgan fingerprint density at radius 1 is 1.56 bits per heavy atom. The maximum atomic E-state index is 5.86. The minimum Gasteiger partial charge on any atom is -0.382 e. The first-order chi connectivity index (χ1) is 8.44. The summed E-state index contributed by atoms with van der Waals surface area (Å²) in [6.45, 7) is 12.4. The summed E-state index contributed by atoms with van der Waals surface area (Å²) < 4.78 is 11.2. The van der Waals surface area contributed by atoms with Gasteiger partial charge in [-0.1, -0.05) is 0 Å². The molecule has 4 nitrogen and oxygen atoms in total. The average molecular weight is 274 g/mol. The van der Waals surface area contributed by atoms with E-state index in [1.165, 1.54) is 0 Å². The molecular weight excluding hydrogens is 248 g/mol. The molecule has 1 unspecified atom stereocenters. The fraction of sp³-hybridized carbons (Fsp3) is 0.923. The van der Waals surface area contributed by atoms with Crippen LogP contribution in [0.5, 0.6) is 0 Å². The third-order valence-corrected chi connectivity index (χ3v) is 3.20. The second-order valence-corrected chi connectivity index (χ2v) is 5.74. The third kappa shape index (κ3) is 5.50. The van der Waals surface area contributed by atoms with Crippen LogP contribution in [0.1, 0.15) is 34.1 Å². The Kier molecular flexibility index (Phi) is 6.32. The van der Waals surface area contributed by atoms with Gasteiger partial charge in [0, 0.05) is 32.8 Å². The van der Waals surface area contributed by atoms with E-state index in [1.54, 1.807) is 0 Å². The van der Waals surface area contributed by atoms with Crippen molar-refractivity contribution >= 4 is 17.3 Å². The van der Waals surface area contributed by atoms with E-state index in [-0.39, 0.29) is 11.7 Å². The maximum absolute atomic E-state index is 5.86. The third-order valence-electron chi connectivity index (χ3n) is 2.80. The van der Waals surface area contributed by atoms with Gasteiger partial charge in [0.1, 0.15) is 0 Å². The van der Waals surface area contributed by atoms with E-state index in [1.807, 2.05) is 6.92 Å². The Hall–Kier alpha value is -0.390. The van der Waals surface area contributed by atoms with Crippen LogP contribution >= 0.6 is 12.2 Å². The molecule has 1 aliphatic rings. The van der Waals surface area contributed by atoms with Crippen LogP contribution in [0.3, 0.4) is 0 Å². The van der Waals surface area contributed by atoms with Gasteiger partial charge in [0.15, 0.2) is 5.11 Å². The highest BCUT2D eigenvalue weighted by Crippen LogP contribution is 2.20.